The highest BCUT2D eigenvalue weighted by molar-refractivity contribution is 5.88. The van der Waals surface area contributed by atoms with Gasteiger partial charge in [-0.2, -0.15) is 0 Å². The molecule has 2 atom stereocenters. The van der Waals surface area contributed by atoms with E-state index in [9.17, 15) is 20.1 Å². The van der Waals surface area contributed by atoms with Gasteiger partial charge in [-0.3, -0.25) is 4.79 Å². The van der Waals surface area contributed by atoms with E-state index in [0.717, 1.165) is 12.6 Å². The zero-order valence-corrected chi connectivity index (χ0v) is 12.5. The van der Waals surface area contributed by atoms with Crippen LogP contribution in [0.5, 0.6) is 11.5 Å². The van der Waals surface area contributed by atoms with E-state index in [1.54, 1.807) is 6.92 Å². The molecule has 0 spiro atoms. The Balaban J connectivity index is 2.27. The normalized spacial score (nSPS) is 23.0. The molecule has 2 aromatic rings. The molecule has 118 valence electrons. The zero-order valence-electron chi connectivity index (χ0n) is 12.5. The van der Waals surface area contributed by atoms with Crippen molar-refractivity contribution in [1.29, 1.82) is 0 Å². The first kappa shape index (κ1) is 14.9. The van der Waals surface area contributed by atoms with E-state index in [4.69, 9.17) is 4.42 Å². The predicted octanol–water partition coefficient (Wildman–Crippen LogP) is 1.29. The molecule has 3 N–H and O–H groups in total. The molecule has 1 aromatic heterocycles. The average Bonchev–Trinajstić information content (AvgIpc) is 2.39. The van der Waals surface area contributed by atoms with Crippen molar-refractivity contribution in [3.63, 3.8) is 0 Å². The summed E-state index contributed by atoms with van der Waals surface area (Å²) in [6.45, 7) is 2.87. The Morgan fingerprint density at radius 1 is 1.27 bits per heavy atom. The van der Waals surface area contributed by atoms with Crippen LogP contribution in [0.1, 0.15) is 23.7 Å². The summed E-state index contributed by atoms with van der Waals surface area (Å²) in [5.74, 6) is -0.421. The Hall–Kier alpha value is -2.05. The van der Waals surface area contributed by atoms with E-state index < -0.39 is 6.10 Å². The minimum absolute atomic E-state index is 0.0459. The molecule has 0 radical (unpaired) electrons. The number of β-amino-alcohol motifs (C(OH)–C–C–N with tert-alkyl or cyclic N) is 1. The molecular weight excluding hydrogens is 286 g/mol. The lowest BCUT2D eigenvalue weighted by molar-refractivity contribution is 0.0630. The molecule has 6 heteroatoms. The van der Waals surface area contributed by atoms with Gasteiger partial charge in [-0.1, -0.05) is 0 Å². The van der Waals surface area contributed by atoms with E-state index in [2.05, 4.69) is 0 Å². The fourth-order valence-electron chi connectivity index (χ4n) is 3.22. The van der Waals surface area contributed by atoms with Crippen molar-refractivity contribution >= 4 is 11.0 Å². The molecule has 0 amide bonds. The highest BCUT2D eigenvalue weighted by Gasteiger charge is 2.32. The Labute approximate surface area is 127 Å². The van der Waals surface area contributed by atoms with Crippen LogP contribution in [0.4, 0.5) is 0 Å². The summed E-state index contributed by atoms with van der Waals surface area (Å²) in [5, 5.41) is 30.6. The van der Waals surface area contributed by atoms with Crippen LogP contribution in [0, 0.1) is 6.92 Å². The van der Waals surface area contributed by atoms with Gasteiger partial charge in [-0.25, -0.2) is 0 Å². The predicted molar refractivity (Wildman–Crippen MR) is 81.4 cm³/mol. The van der Waals surface area contributed by atoms with Gasteiger partial charge in [0.1, 0.15) is 28.2 Å². The number of benzene rings is 1. The van der Waals surface area contributed by atoms with Crippen LogP contribution in [0.15, 0.2) is 21.3 Å². The first-order valence-corrected chi connectivity index (χ1v) is 7.24. The number of piperidine rings is 1. The van der Waals surface area contributed by atoms with Gasteiger partial charge in [0, 0.05) is 30.2 Å². The number of aliphatic hydroxyl groups is 1. The van der Waals surface area contributed by atoms with Crippen molar-refractivity contribution in [2.45, 2.75) is 25.4 Å². The number of hydrogen-bond acceptors (Lipinski definition) is 6. The van der Waals surface area contributed by atoms with Crippen LogP contribution in [-0.4, -0.2) is 46.5 Å². The monoisotopic (exact) mass is 305 g/mol. The first-order chi connectivity index (χ1) is 10.4. The third-order valence-corrected chi connectivity index (χ3v) is 4.28. The lowest BCUT2D eigenvalue weighted by Gasteiger charge is -2.34. The van der Waals surface area contributed by atoms with Crippen LogP contribution < -0.4 is 5.43 Å². The smallest absolute Gasteiger partial charge is 0.196 e. The van der Waals surface area contributed by atoms with Gasteiger partial charge in [-0.05, 0) is 26.9 Å². The van der Waals surface area contributed by atoms with Gasteiger partial charge in [0.25, 0.3) is 0 Å². The van der Waals surface area contributed by atoms with Crippen LogP contribution in [0.2, 0.25) is 0 Å². The largest absolute Gasteiger partial charge is 0.507 e. The Bertz CT molecular complexity index is 782. The molecular formula is C16H19NO5. The summed E-state index contributed by atoms with van der Waals surface area (Å²) in [7, 11) is 1.92. The fraction of sp³-hybridized carbons (Fsp3) is 0.438. The van der Waals surface area contributed by atoms with Crippen molar-refractivity contribution in [2.75, 3.05) is 20.1 Å². The third kappa shape index (κ3) is 2.34. The highest BCUT2D eigenvalue weighted by Crippen LogP contribution is 2.41. The second kappa shape index (κ2) is 5.30. The minimum atomic E-state index is -0.678. The summed E-state index contributed by atoms with van der Waals surface area (Å²) in [4.78, 5) is 14.1. The maximum atomic E-state index is 12.1. The molecule has 0 saturated carbocycles. The average molecular weight is 305 g/mol. The van der Waals surface area contributed by atoms with Gasteiger partial charge in [0.05, 0.1) is 6.10 Å². The first-order valence-electron chi connectivity index (χ1n) is 7.24. The van der Waals surface area contributed by atoms with E-state index in [-0.39, 0.29) is 33.8 Å². The maximum Gasteiger partial charge on any atom is 0.196 e. The van der Waals surface area contributed by atoms with Crippen molar-refractivity contribution < 1.29 is 19.7 Å². The third-order valence-electron chi connectivity index (χ3n) is 4.28. The number of likely N-dealkylation sites (tertiary alicyclic amines) is 1. The fourth-order valence-corrected chi connectivity index (χ4v) is 3.22. The lowest BCUT2D eigenvalue weighted by Crippen LogP contribution is -2.40. The number of aromatic hydroxyl groups is 2. The molecule has 0 aliphatic carbocycles. The number of aryl methyl sites for hydroxylation is 1. The molecule has 6 nitrogen and oxygen atoms in total. The standard InChI is InChI=1S/C16H19NO5/c1-8-5-10(18)15-12(20)6-11(19)14(16(15)22-8)9-3-4-17(2)7-13(9)21/h5-6,9,13,19-21H,3-4,7H2,1-2H3/t9-,13+/m1/s1. The van der Waals surface area contributed by atoms with Crippen LogP contribution in [-0.2, 0) is 0 Å². The number of aliphatic hydroxyl groups excluding tert-OH is 1. The van der Waals surface area contributed by atoms with Crippen LogP contribution >= 0.6 is 0 Å². The van der Waals surface area contributed by atoms with Crippen molar-refractivity contribution in [3.05, 3.63) is 33.7 Å². The molecule has 2 heterocycles. The van der Waals surface area contributed by atoms with Crippen molar-refractivity contribution in [1.82, 2.24) is 4.90 Å². The molecule has 1 saturated heterocycles. The quantitative estimate of drug-likeness (QED) is 0.735. The van der Waals surface area contributed by atoms with Gasteiger partial charge in [-0.15, -0.1) is 0 Å². The van der Waals surface area contributed by atoms with E-state index in [1.165, 1.54) is 6.07 Å². The summed E-state index contributed by atoms with van der Waals surface area (Å²) < 4.78 is 5.62. The highest BCUT2D eigenvalue weighted by atomic mass is 16.3. The Morgan fingerprint density at radius 2 is 2.00 bits per heavy atom. The van der Waals surface area contributed by atoms with E-state index in [1.807, 2.05) is 11.9 Å². The molecule has 3 rings (SSSR count). The number of phenols is 2. The summed E-state index contributed by atoms with van der Waals surface area (Å²) in [6.07, 6.45) is -0.0499. The maximum absolute atomic E-state index is 12.1. The summed E-state index contributed by atoms with van der Waals surface area (Å²) in [5.41, 5.74) is 0.199. The summed E-state index contributed by atoms with van der Waals surface area (Å²) in [6, 6.07) is 2.45. The number of likely N-dealkylation sites (N-methyl/N-ethyl adjacent to an activating group) is 1. The number of phenolic OH excluding ortho intramolecular Hbond substituents is 2. The Kier molecular flexibility index (Phi) is 3.58. The minimum Gasteiger partial charge on any atom is -0.507 e. The second-order valence-electron chi connectivity index (χ2n) is 5.98. The molecule has 1 aliphatic heterocycles. The van der Waals surface area contributed by atoms with Crippen LogP contribution in [0.25, 0.3) is 11.0 Å². The van der Waals surface area contributed by atoms with Gasteiger partial charge in [0.15, 0.2) is 5.43 Å². The zero-order chi connectivity index (χ0) is 16.0. The number of fused-ring (bicyclic) bond motifs is 1. The number of nitrogens with zero attached hydrogens (tertiary/aromatic N) is 1. The topological polar surface area (TPSA) is 94.1 Å². The molecule has 1 fully saturated rings. The molecule has 22 heavy (non-hydrogen) atoms. The van der Waals surface area contributed by atoms with E-state index >= 15 is 0 Å². The van der Waals surface area contributed by atoms with Gasteiger partial charge in [0.2, 0.25) is 0 Å². The molecule has 0 unspecified atom stereocenters. The van der Waals surface area contributed by atoms with Gasteiger partial charge >= 0.3 is 0 Å². The van der Waals surface area contributed by atoms with Crippen molar-refractivity contribution in [2.24, 2.45) is 0 Å². The molecule has 1 aliphatic rings. The Morgan fingerprint density at radius 3 is 2.68 bits per heavy atom. The SMILES string of the molecule is Cc1cc(=O)c2c(O)cc(O)c([C@@H]3CCN(C)C[C@@H]3O)c2o1. The molecule has 1 aromatic carbocycles. The van der Waals surface area contributed by atoms with Crippen molar-refractivity contribution in [3.8, 4) is 11.5 Å². The lowest BCUT2D eigenvalue weighted by atomic mass is 9.85. The van der Waals surface area contributed by atoms with E-state index in [0.29, 0.717) is 24.3 Å². The van der Waals surface area contributed by atoms with Gasteiger partial charge < -0.3 is 24.6 Å². The number of rotatable bonds is 1. The number of hydrogen-bond donors (Lipinski definition) is 3. The summed E-state index contributed by atoms with van der Waals surface area (Å²) >= 11 is 0. The molecule has 0 bridgehead atoms. The van der Waals surface area contributed by atoms with Crippen LogP contribution in [0.3, 0.4) is 0 Å². The second-order valence-corrected chi connectivity index (χ2v) is 5.98.